The van der Waals surface area contributed by atoms with Crippen LogP contribution in [0.2, 0.25) is 0 Å². The van der Waals surface area contributed by atoms with Gasteiger partial charge in [0.05, 0.1) is 19.3 Å². The number of hydrogen-bond acceptors (Lipinski definition) is 5. The van der Waals surface area contributed by atoms with Gasteiger partial charge < -0.3 is 19.5 Å². The smallest absolute Gasteiger partial charge is 0.161 e. The Morgan fingerprint density at radius 3 is 2.52 bits per heavy atom. The Morgan fingerprint density at radius 1 is 0.963 bits per heavy atom. The van der Waals surface area contributed by atoms with Gasteiger partial charge in [0, 0.05) is 44.8 Å². The van der Waals surface area contributed by atoms with Crippen LogP contribution in [-0.4, -0.2) is 55.9 Å². The van der Waals surface area contributed by atoms with E-state index in [1.165, 1.54) is 11.3 Å². The van der Waals surface area contributed by atoms with E-state index in [1.807, 2.05) is 18.2 Å². The highest BCUT2D eigenvalue weighted by Gasteiger charge is 2.21. The molecule has 0 radical (unpaired) electrons. The molecule has 1 fully saturated rings. The summed E-state index contributed by atoms with van der Waals surface area (Å²) in [5.74, 6) is 1.52. The Balaban J connectivity index is 1.34. The van der Waals surface area contributed by atoms with Crippen molar-refractivity contribution < 1.29 is 14.6 Å². The molecule has 1 unspecified atom stereocenters. The summed E-state index contributed by atoms with van der Waals surface area (Å²) in [5.41, 5.74) is 3.47. The number of anilines is 1. The van der Waals surface area contributed by atoms with Crippen LogP contribution in [0.5, 0.6) is 11.5 Å². The number of aliphatic hydroxyl groups excluding tert-OH is 1. The average molecular weight is 368 g/mol. The molecule has 1 saturated heterocycles. The first-order chi connectivity index (χ1) is 13.2. The van der Waals surface area contributed by atoms with E-state index < -0.39 is 6.10 Å². The summed E-state index contributed by atoms with van der Waals surface area (Å²) < 4.78 is 11.4. The SMILES string of the molecule is Cc1cccc(N2CCN(CC(O)c3ccc4c(c3)OCCCO4)CC2)c1. The van der Waals surface area contributed by atoms with Crippen LogP contribution in [0.1, 0.15) is 23.7 Å². The van der Waals surface area contributed by atoms with Gasteiger partial charge in [-0.05, 0) is 42.3 Å². The van der Waals surface area contributed by atoms with Crippen LogP contribution in [0, 0.1) is 6.92 Å². The molecule has 1 N–H and O–H groups in total. The summed E-state index contributed by atoms with van der Waals surface area (Å²) in [7, 11) is 0. The fourth-order valence-electron chi connectivity index (χ4n) is 3.75. The number of rotatable bonds is 4. The number of β-amino-alcohol motifs (C(OH)–C–C–N with tert-alkyl or cyclic N) is 1. The van der Waals surface area contributed by atoms with Gasteiger partial charge >= 0.3 is 0 Å². The first-order valence-corrected chi connectivity index (χ1v) is 9.80. The number of benzene rings is 2. The second kappa shape index (κ2) is 8.19. The molecule has 2 aliphatic heterocycles. The minimum atomic E-state index is -0.521. The molecule has 4 rings (SSSR count). The normalized spacial score (nSPS) is 18.8. The van der Waals surface area contributed by atoms with Crippen molar-refractivity contribution in [2.45, 2.75) is 19.4 Å². The lowest BCUT2D eigenvalue weighted by molar-refractivity contribution is 0.109. The lowest BCUT2D eigenvalue weighted by Crippen LogP contribution is -2.47. The molecule has 27 heavy (non-hydrogen) atoms. The van der Waals surface area contributed by atoms with Crippen LogP contribution in [0.25, 0.3) is 0 Å². The summed E-state index contributed by atoms with van der Waals surface area (Å²) in [6, 6.07) is 14.4. The predicted octanol–water partition coefficient (Wildman–Crippen LogP) is 3.01. The molecule has 2 aliphatic rings. The Hall–Kier alpha value is -2.24. The number of nitrogens with zero attached hydrogens (tertiary/aromatic N) is 2. The summed E-state index contributed by atoms with van der Waals surface area (Å²) in [4.78, 5) is 4.75. The number of aliphatic hydroxyl groups is 1. The van der Waals surface area contributed by atoms with E-state index >= 15 is 0 Å². The minimum absolute atomic E-state index is 0.521. The molecule has 0 amide bonds. The number of fused-ring (bicyclic) bond motifs is 1. The van der Waals surface area contributed by atoms with Crippen molar-refractivity contribution in [2.75, 3.05) is 50.8 Å². The Morgan fingerprint density at radius 2 is 1.74 bits per heavy atom. The van der Waals surface area contributed by atoms with Crippen LogP contribution >= 0.6 is 0 Å². The van der Waals surface area contributed by atoms with Gasteiger partial charge in [0.2, 0.25) is 0 Å². The molecule has 5 heteroatoms. The van der Waals surface area contributed by atoms with E-state index in [2.05, 4.69) is 41.0 Å². The van der Waals surface area contributed by atoms with Crippen molar-refractivity contribution in [3.05, 3.63) is 53.6 Å². The fourth-order valence-corrected chi connectivity index (χ4v) is 3.75. The number of ether oxygens (including phenoxy) is 2. The summed E-state index contributed by atoms with van der Waals surface area (Å²) in [6.07, 6.45) is 0.366. The third-order valence-electron chi connectivity index (χ3n) is 5.33. The van der Waals surface area contributed by atoms with E-state index in [0.717, 1.165) is 49.7 Å². The van der Waals surface area contributed by atoms with E-state index in [-0.39, 0.29) is 0 Å². The highest BCUT2D eigenvalue weighted by molar-refractivity contribution is 5.49. The molecule has 1 atom stereocenters. The quantitative estimate of drug-likeness (QED) is 0.899. The maximum Gasteiger partial charge on any atom is 0.161 e. The second-order valence-electron chi connectivity index (χ2n) is 7.40. The van der Waals surface area contributed by atoms with Crippen molar-refractivity contribution in [1.29, 1.82) is 0 Å². The highest BCUT2D eigenvalue weighted by Crippen LogP contribution is 2.32. The lowest BCUT2D eigenvalue weighted by Gasteiger charge is -2.37. The van der Waals surface area contributed by atoms with Gasteiger partial charge in [-0.25, -0.2) is 0 Å². The van der Waals surface area contributed by atoms with E-state index in [9.17, 15) is 5.11 Å². The van der Waals surface area contributed by atoms with Gasteiger partial charge in [-0.3, -0.25) is 4.90 Å². The molecule has 0 spiro atoms. The molecule has 2 aromatic carbocycles. The van der Waals surface area contributed by atoms with Crippen LogP contribution in [0.15, 0.2) is 42.5 Å². The first kappa shape index (κ1) is 18.1. The second-order valence-corrected chi connectivity index (χ2v) is 7.40. The number of aryl methyl sites for hydroxylation is 1. The molecule has 144 valence electrons. The van der Waals surface area contributed by atoms with E-state index in [4.69, 9.17) is 9.47 Å². The standard InChI is InChI=1S/C22H28N2O3/c1-17-4-2-5-19(14-17)24-10-8-23(9-11-24)16-20(25)18-6-7-21-22(15-18)27-13-3-12-26-21/h2,4-7,14-15,20,25H,3,8-13,16H2,1H3. The third-order valence-corrected chi connectivity index (χ3v) is 5.33. The van der Waals surface area contributed by atoms with E-state index in [1.54, 1.807) is 0 Å². The lowest BCUT2D eigenvalue weighted by atomic mass is 10.1. The molecule has 5 nitrogen and oxygen atoms in total. The van der Waals surface area contributed by atoms with Crippen LogP contribution in [-0.2, 0) is 0 Å². The fraction of sp³-hybridized carbons (Fsp3) is 0.455. The van der Waals surface area contributed by atoms with Gasteiger partial charge in [0.15, 0.2) is 11.5 Å². The summed E-state index contributed by atoms with van der Waals surface area (Å²) in [5, 5.41) is 10.7. The Bertz CT molecular complexity index is 772. The van der Waals surface area contributed by atoms with Crippen molar-refractivity contribution >= 4 is 5.69 Å². The number of piperazine rings is 1. The van der Waals surface area contributed by atoms with Crippen molar-refractivity contribution in [3.63, 3.8) is 0 Å². The Kier molecular flexibility index (Phi) is 5.50. The van der Waals surface area contributed by atoms with Crippen molar-refractivity contribution in [2.24, 2.45) is 0 Å². The first-order valence-electron chi connectivity index (χ1n) is 9.80. The topological polar surface area (TPSA) is 45.2 Å². The van der Waals surface area contributed by atoms with E-state index in [0.29, 0.717) is 19.8 Å². The summed E-state index contributed by atoms with van der Waals surface area (Å²) in [6.45, 7) is 7.99. The molecule has 0 bridgehead atoms. The monoisotopic (exact) mass is 368 g/mol. The molecule has 2 heterocycles. The molecule has 0 saturated carbocycles. The predicted molar refractivity (Wildman–Crippen MR) is 107 cm³/mol. The maximum absolute atomic E-state index is 10.7. The average Bonchev–Trinajstić information content (AvgIpc) is 2.93. The minimum Gasteiger partial charge on any atom is -0.490 e. The number of hydrogen-bond donors (Lipinski definition) is 1. The van der Waals surface area contributed by atoms with Gasteiger partial charge in [0.1, 0.15) is 0 Å². The van der Waals surface area contributed by atoms with Crippen LogP contribution in [0.4, 0.5) is 5.69 Å². The molecule has 0 aliphatic carbocycles. The van der Waals surface area contributed by atoms with Gasteiger partial charge in [0.25, 0.3) is 0 Å². The molecular formula is C22H28N2O3. The molecule has 0 aromatic heterocycles. The van der Waals surface area contributed by atoms with Crippen molar-refractivity contribution in [1.82, 2.24) is 4.90 Å². The largest absolute Gasteiger partial charge is 0.490 e. The molecular weight excluding hydrogens is 340 g/mol. The molecule has 2 aromatic rings. The maximum atomic E-state index is 10.7. The van der Waals surface area contributed by atoms with Crippen LogP contribution in [0.3, 0.4) is 0 Å². The third kappa shape index (κ3) is 4.37. The zero-order valence-electron chi connectivity index (χ0n) is 15.9. The van der Waals surface area contributed by atoms with Gasteiger partial charge in [-0.1, -0.05) is 18.2 Å². The van der Waals surface area contributed by atoms with Crippen molar-refractivity contribution in [3.8, 4) is 11.5 Å². The summed E-state index contributed by atoms with van der Waals surface area (Å²) >= 11 is 0. The van der Waals surface area contributed by atoms with Gasteiger partial charge in [-0.15, -0.1) is 0 Å². The Labute approximate surface area is 161 Å². The zero-order valence-corrected chi connectivity index (χ0v) is 15.9. The highest BCUT2D eigenvalue weighted by atomic mass is 16.5. The van der Waals surface area contributed by atoms with Crippen LogP contribution < -0.4 is 14.4 Å². The van der Waals surface area contributed by atoms with Gasteiger partial charge in [-0.2, -0.15) is 0 Å². The zero-order chi connectivity index (χ0) is 18.6.